The third kappa shape index (κ3) is 4.58. The molecule has 0 aromatic heterocycles. The van der Waals surface area contributed by atoms with Crippen LogP contribution in [0.3, 0.4) is 0 Å². The van der Waals surface area contributed by atoms with E-state index < -0.39 is 0 Å². The minimum Gasteiger partial charge on any atom is -0.394 e. The highest BCUT2D eigenvalue weighted by atomic mass is 16.3. The van der Waals surface area contributed by atoms with Crippen molar-refractivity contribution in [3.63, 3.8) is 0 Å². The van der Waals surface area contributed by atoms with Crippen molar-refractivity contribution in [2.75, 3.05) is 26.3 Å². The van der Waals surface area contributed by atoms with E-state index in [1.54, 1.807) is 0 Å². The quantitative estimate of drug-likeness (QED) is 0.606. The van der Waals surface area contributed by atoms with Crippen LogP contribution in [0.25, 0.3) is 0 Å². The first-order valence-corrected chi connectivity index (χ1v) is 11.1. The molecule has 0 aliphatic carbocycles. The molecular weight excluding hydrogens is 384 g/mol. The van der Waals surface area contributed by atoms with Gasteiger partial charge in [0.1, 0.15) is 0 Å². The second-order valence-corrected chi connectivity index (χ2v) is 8.29. The van der Waals surface area contributed by atoms with Crippen LogP contribution in [0, 0.1) is 0 Å². The summed E-state index contributed by atoms with van der Waals surface area (Å²) < 4.78 is 0. The zero-order valence-corrected chi connectivity index (χ0v) is 18.1. The molecule has 0 unspecified atom stereocenters. The van der Waals surface area contributed by atoms with Crippen molar-refractivity contribution in [2.24, 2.45) is 0 Å². The van der Waals surface area contributed by atoms with Gasteiger partial charge in [-0.15, -0.1) is 0 Å². The number of nitrogens with zero attached hydrogens (tertiary/aromatic N) is 2. The summed E-state index contributed by atoms with van der Waals surface area (Å²) in [7, 11) is 0. The minimum absolute atomic E-state index is 0.0473. The topological polar surface area (TPSA) is 46.9 Å². The molecule has 4 heteroatoms. The van der Waals surface area contributed by atoms with E-state index in [1.807, 2.05) is 42.5 Å². The number of piperazine rings is 1. The van der Waals surface area contributed by atoms with Gasteiger partial charge in [-0.05, 0) is 23.6 Å². The van der Waals surface area contributed by atoms with Crippen LogP contribution in [-0.2, 0) is 0 Å². The van der Waals surface area contributed by atoms with Crippen LogP contribution in [-0.4, -0.2) is 52.4 Å². The highest BCUT2D eigenvalue weighted by molar-refractivity contribution is 5.26. The smallest absolute Gasteiger partial charge is 0.0628 e. The molecule has 0 saturated carbocycles. The molecule has 1 heterocycles. The average molecular weight is 417 g/mol. The van der Waals surface area contributed by atoms with Gasteiger partial charge in [-0.2, -0.15) is 0 Å². The molecule has 1 saturated heterocycles. The van der Waals surface area contributed by atoms with Crippen LogP contribution in [0.15, 0.2) is 91.0 Å². The lowest BCUT2D eigenvalue weighted by Crippen LogP contribution is -2.56. The lowest BCUT2D eigenvalue weighted by atomic mass is 9.90. The van der Waals surface area contributed by atoms with E-state index in [2.05, 4.69) is 65.3 Å². The van der Waals surface area contributed by atoms with E-state index in [9.17, 15) is 10.2 Å². The van der Waals surface area contributed by atoms with Crippen LogP contribution in [0.5, 0.6) is 0 Å². The normalized spacial score (nSPS) is 22.2. The molecule has 2 N–H and O–H groups in total. The van der Waals surface area contributed by atoms with Gasteiger partial charge >= 0.3 is 0 Å². The van der Waals surface area contributed by atoms with Gasteiger partial charge in [-0.25, -0.2) is 0 Å². The summed E-state index contributed by atoms with van der Waals surface area (Å²) in [5, 5.41) is 20.7. The Morgan fingerprint density at radius 2 is 1.10 bits per heavy atom. The van der Waals surface area contributed by atoms with E-state index in [-0.39, 0.29) is 37.4 Å². The molecule has 4 nitrogen and oxygen atoms in total. The Hall–Kier alpha value is -2.50. The van der Waals surface area contributed by atoms with Crippen molar-refractivity contribution < 1.29 is 10.2 Å². The molecule has 0 spiro atoms. The number of benzene rings is 3. The van der Waals surface area contributed by atoms with Gasteiger partial charge in [-0.1, -0.05) is 91.0 Å². The summed E-state index contributed by atoms with van der Waals surface area (Å²) >= 11 is 0. The van der Waals surface area contributed by atoms with E-state index in [0.717, 1.165) is 24.2 Å². The number of aliphatic hydroxyl groups is 2. The summed E-state index contributed by atoms with van der Waals surface area (Å²) in [6.45, 7) is 4.04. The maximum absolute atomic E-state index is 10.4. The standard InChI is InChI=1S/C27H32N2O2/c1-21-27(24-15-9-4-10-16-24)29(26(20-31)23-13-7-3-8-14-23)18-17-28(21)25(19-30)22-11-5-2-6-12-22/h2-16,21,25-27,30-31H,17-20H2,1H3/t21-,25+,26+,27-/m1/s1. The molecule has 3 aromatic rings. The second-order valence-electron chi connectivity index (χ2n) is 8.29. The van der Waals surface area contributed by atoms with Gasteiger partial charge in [0.2, 0.25) is 0 Å². The fraction of sp³-hybridized carbons (Fsp3) is 0.333. The Bertz CT molecular complexity index is 920. The van der Waals surface area contributed by atoms with Crippen molar-refractivity contribution >= 4 is 0 Å². The molecule has 1 aliphatic heterocycles. The van der Waals surface area contributed by atoms with Crippen LogP contribution >= 0.6 is 0 Å². The fourth-order valence-electron chi connectivity index (χ4n) is 5.10. The maximum Gasteiger partial charge on any atom is 0.0628 e. The Morgan fingerprint density at radius 1 is 0.677 bits per heavy atom. The van der Waals surface area contributed by atoms with Crippen molar-refractivity contribution in [2.45, 2.75) is 31.1 Å². The largest absolute Gasteiger partial charge is 0.394 e. The third-order valence-electron chi connectivity index (χ3n) is 6.61. The van der Waals surface area contributed by atoms with E-state index in [0.29, 0.717) is 0 Å². The molecule has 0 amide bonds. The van der Waals surface area contributed by atoms with Crippen LogP contribution < -0.4 is 0 Å². The molecule has 4 rings (SSSR count). The van der Waals surface area contributed by atoms with Crippen molar-refractivity contribution in [3.05, 3.63) is 108 Å². The maximum atomic E-state index is 10.4. The van der Waals surface area contributed by atoms with Gasteiger partial charge in [0.05, 0.1) is 31.3 Å². The van der Waals surface area contributed by atoms with E-state index in [1.165, 1.54) is 5.56 Å². The van der Waals surface area contributed by atoms with Gasteiger partial charge in [-0.3, -0.25) is 9.80 Å². The zero-order valence-electron chi connectivity index (χ0n) is 18.1. The van der Waals surface area contributed by atoms with E-state index >= 15 is 0 Å². The summed E-state index contributed by atoms with van der Waals surface area (Å²) in [4.78, 5) is 4.86. The molecule has 0 bridgehead atoms. The van der Waals surface area contributed by atoms with Crippen LogP contribution in [0.1, 0.15) is 41.7 Å². The van der Waals surface area contributed by atoms with Gasteiger partial charge < -0.3 is 10.2 Å². The molecule has 162 valence electrons. The number of aliphatic hydroxyl groups excluding tert-OH is 2. The summed E-state index contributed by atoms with van der Waals surface area (Å²) in [6, 6.07) is 31.2. The lowest BCUT2D eigenvalue weighted by molar-refractivity contribution is -0.0451. The van der Waals surface area contributed by atoms with Gasteiger partial charge in [0.25, 0.3) is 0 Å². The van der Waals surface area contributed by atoms with Gasteiger partial charge in [0.15, 0.2) is 0 Å². The predicted molar refractivity (Wildman–Crippen MR) is 125 cm³/mol. The molecule has 0 radical (unpaired) electrons. The highest BCUT2D eigenvalue weighted by Crippen LogP contribution is 2.40. The Labute approximate surface area is 185 Å². The Balaban J connectivity index is 1.70. The number of hydrogen-bond acceptors (Lipinski definition) is 4. The second kappa shape index (κ2) is 10.2. The third-order valence-corrected chi connectivity index (χ3v) is 6.61. The van der Waals surface area contributed by atoms with Crippen molar-refractivity contribution in [3.8, 4) is 0 Å². The monoisotopic (exact) mass is 416 g/mol. The number of hydrogen-bond donors (Lipinski definition) is 2. The van der Waals surface area contributed by atoms with Crippen LogP contribution in [0.4, 0.5) is 0 Å². The molecule has 4 atom stereocenters. The molecule has 3 aromatic carbocycles. The summed E-state index contributed by atoms with van der Waals surface area (Å²) in [6.07, 6.45) is 0. The molecule has 1 aliphatic rings. The fourth-order valence-corrected chi connectivity index (χ4v) is 5.10. The average Bonchev–Trinajstić information content (AvgIpc) is 2.83. The number of rotatable bonds is 7. The predicted octanol–water partition coefficient (Wildman–Crippen LogP) is 4.20. The van der Waals surface area contributed by atoms with E-state index in [4.69, 9.17) is 0 Å². The lowest BCUT2D eigenvalue weighted by Gasteiger charge is -2.51. The molecular formula is C27H32N2O2. The highest BCUT2D eigenvalue weighted by Gasteiger charge is 2.40. The van der Waals surface area contributed by atoms with Crippen molar-refractivity contribution in [1.82, 2.24) is 9.80 Å². The summed E-state index contributed by atoms with van der Waals surface area (Å²) in [5.74, 6) is 0. The Morgan fingerprint density at radius 3 is 1.58 bits per heavy atom. The van der Waals surface area contributed by atoms with Crippen LogP contribution in [0.2, 0.25) is 0 Å². The minimum atomic E-state index is -0.0692. The first-order chi connectivity index (χ1) is 15.2. The Kier molecular flexibility index (Phi) is 7.15. The first-order valence-electron chi connectivity index (χ1n) is 11.1. The molecule has 1 fully saturated rings. The molecule has 31 heavy (non-hydrogen) atoms. The SMILES string of the molecule is C[C@@H]1[C@H](c2ccccc2)N([C@@H](CO)c2ccccc2)CCN1[C@@H](CO)c1ccccc1. The zero-order chi connectivity index (χ0) is 21.6. The van der Waals surface area contributed by atoms with Crippen molar-refractivity contribution in [1.29, 1.82) is 0 Å². The first kappa shape index (κ1) is 21.7. The van der Waals surface area contributed by atoms with Gasteiger partial charge in [0, 0.05) is 19.1 Å². The summed E-state index contributed by atoms with van der Waals surface area (Å²) in [5.41, 5.74) is 3.51.